The number of nitrogens with one attached hydrogen (secondary N) is 2. The standard InChI is InChI=1S/C19H21N3O3S.C10H11ClFNO2/c1-12(2)8-15(10-24)20-19(25)17-16(14-5-7-26-11-14)21-18-13(9-23)4-3-6-22(17)18;1-13-9(10(14)15-2)6-3-4-8(12)7(11)5-6/h3-7,9,11-12,15,24H,8,10H2,1-2H3,(H,20,25);3-5,9,13H,1-2H3. The summed E-state index contributed by atoms with van der Waals surface area (Å²) < 4.78 is 19.1. The summed E-state index contributed by atoms with van der Waals surface area (Å²) in [5.41, 5.74) is 3.15. The Morgan fingerprint density at radius 3 is 2.59 bits per heavy atom. The number of likely N-dealkylation sites (N-methyl/N-ethyl adjacent to an activating group) is 1. The van der Waals surface area contributed by atoms with Crippen molar-refractivity contribution in [2.24, 2.45) is 5.92 Å². The van der Waals surface area contributed by atoms with E-state index in [1.165, 1.54) is 36.6 Å². The lowest BCUT2D eigenvalue weighted by atomic mass is 10.0. The van der Waals surface area contributed by atoms with E-state index < -0.39 is 17.8 Å². The summed E-state index contributed by atoms with van der Waals surface area (Å²) >= 11 is 7.12. The smallest absolute Gasteiger partial charge is 0.327 e. The third-order valence-corrected chi connectivity index (χ3v) is 7.10. The number of fused-ring (bicyclic) bond motifs is 1. The Balaban J connectivity index is 0.000000263. The molecule has 0 spiro atoms. The van der Waals surface area contributed by atoms with Gasteiger partial charge in [-0.05, 0) is 60.7 Å². The molecule has 0 saturated carbocycles. The highest BCUT2D eigenvalue weighted by Crippen LogP contribution is 2.28. The summed E-state index contributed by atoms with van der Waals surface area (Å²) in [6.07, 6.45) is 3.12. The molecule has 2 unspecified atom stereocenters. The highest BCUT2D eigenvalue weighted by atomic mass is 35.5. The van der Waals surface area contributed by atoms with Crippen LogP contribution in [0.5, 0.6) is 0 Å². The van der Waals surface area contributed by atoms with Gasteiger partial charge in [0.15, 0.2) is 6.29 Å². The molecule has 0 bridgehead atoms. The van der Waals surface area contributed by atoms with Crippen molar-refractivity contribution in [3.05, 3.63) is 81.0 Å². The number of thiophene rings is 1. The van der Waals surface area contributed by atoms with E-state index in [0.717, 1.165) is 11.8 Å². The summed E-state index contributed by atoms with van der Waals surface area (Å²) in [7, 11) is 2.90. The molecule has 218 valence electrons. The van der Waals surface area contributed by atoms with Crippen molar-refractivity contribution in [3.63, 3.8) is 0 Å². The minimum Gasteiger partial charge on any atom is -0.468 e. The van der Waals surface area contributed by atoms with Gasteiger partial charge < -0.3 is 20.5 Å². The van der Waals surface area contributed by atoms with E-state index in [4.69, 9.17) is 11.6 Å². The lowest BCUT2D eigenvalue weighted by Gasteiger charge is -2.18. The minimum absolute atomic E-state index is 0.0170. The van der Waals surface area contributed by atoms with E-state index in [0.29, 0.717) is 40.5 Å². The molecule has 2 atom stereocenters. The Kier molecular flexibility index (Phi) is 11.5. The number of pyridine rings is 1. The second-order valence-corrected chi connectivity index (χ2v) is 10.7. The molecule has 0 aliphatic rings. The summed E-state index contributed by atoms with van der Waals surface area (Å²) in [6.45, 7) is 3.94. The number of aliphatic hydroxyl groups is 1. The van der Waals surface area contributed by atoms with Gasteiger partial charge in [0.2, 0.25) is 0 Å². The van der Waals surface area contributed by atoms with Gasteiger partial charge in [-0.15, -0.1) is 0 Å². The zero-order valence-electron chi connectivity index (χ0n) is 23.1. The van der Waals surface area contributed by atoms with Crippen LogP contribution in [0.2, 0.25) is 5.02 Å². The zero-order valence-corrected chi connectivity index (χ0v) is 24.6. The first-order valence-electron chi connectivity index (χ1n) is 12.8. The summed E-state index contributed by atoms with van der Waals surface area (Å²) in [6, 6.07) is 8.40. The molecular weight excluding hydrogens is 571 g/mol. The predicted octanol–water partition coefficient (Wildman–Crippen LogP) is 4.92. The van der Waals surface area contributed by atoms with Crippen LogP contribution in [-0.4, -0.2) is 59.5 Å². The fraction of sp³-hybridized carbons (Fsp3) is 0.310. The van der Waals surface area contributed by atoms with Crippen LogP contribution in [0.1, 0.15) is 52.7 Å². The molecule has 0 fully saturated rings. The second kappa shape index (κ2) is 14.8. The topological polar surface area (TPSA) is 122 Å². The Bertz CT molecular complexity index is 1490. The first-order chi connectivity index (χ1) is 19.6. The average Bonchev–Trinajstić information content (AvgIpc) is 3.63. The zero-order chi connectivity index (χ0) is 30.1. The molecule has 3 aromatic heterocycles. The molecule has 1 amide bonds. The number of aliphatic hydroxyl groups excluding tert-OH is 1. The number of esters is 1. The van der Waals surface area contributed by atoms with Crippen molar-refractivity contribution in [1.82, 2.24) is 20.0 Å². The molecule has 4 aromatic rings. The van der Waals surface area contributed by atoms with E-state index in [1.54, 1.807) is 29.8 Å². The highest BCUT2D eigenvalue weighted by molar-refractivity contribution is 7.08. The molecule has 0 aliphatic carbocycles. The van der Waals surface area contributed by atoms with E-state index in [1.807, 2.05) is 30.7 Å². The SMILES string of the molecule is CC(C)CC(CO)NC(=O)c1c(-c2ccsc2)nc2c(C=O)cccn12.CNC(C(=O)OC)c1ccc(F)c(Cl)c1. The number of rotatable bonds is 10. The molecule has 9 nitrogen and oxygen atoms in total. The van der Waals surface area contributed by atoms with Crippen LogP contribution in [0.25, 0.3) is 16.9 Å². The summed E-state index contributed by atoms with van der Waals surface area (Å²) in [5, 5.41) is 19.1. The fourth-order valence-corrected chi connectivity index (χ4v) is 5.06. The predicted molar refractivity (Wildman–Crippen MR) is 157 cm³/mol. The van der Waals surface area contributed by atoms with E-state index in [9.17, 15) is 23.9 Å². The number of hydrogen-bond acceptors (Lipinski definition) is 8. The lowest BCUT2D eigenvalue weighted by Crippen LogP contribution is -2.39. The van der Waals surface area contributed by atoms with Crippen LogP contribution >= 0.6 is 22.9 Å². The quantitative estimate of drug-likeness (QED) is 0.174. The maximum absolute atomic E-state index is 13.0. The number of carbonyl (C=O) groups is 3. The van der Waals surface area contributed by atoms with E-state index in [2.05, 4.69) is 20.4 Å². The number of hydrogen-bond donors (Lipinski definition) is 3. The normalized spacial score (nSPS) is 12.4. The molecule has 12 heteroatoms. The molecule has 0 radical (unpaired) electrons. The molecule has 0 aliphatic heterocycles. The number of benzene rings is 1. The fourth-order valence-electron chi connectivity index (χ4n) is 4.23. The largest absolute Gasteiger partial charge is 0.468 e. The summed E-state index contributed by atoms with van der Waals surface area (Å²) in [5.74, 6) is -0.936. The third-order valence-electron chi connectivity index (χ3n) is 6.13. The van der Waals surface area contributed by atoms with Gasteiger partial charge in [0.05, 0.1) is 30.3 Å². The first-order valence-corrected chi connectivity index (χ1v) is 14.1. The highest BCUT2D eigenvalue weighted by Gasteiger charge is 2.24. The average molecular weight is 603 g/mol. The Morgan fingerprint density at radius 1 is 1.27 bits per heavy atom. The van der Waals surface area contributed by atoms with Gasteiger partial charge in [-0.1, -0.05) is 31.5 Å². The molecule has 0 saturated heterocycles. The van der Waals surface area contributed by atoms with Gasteiger partial charge in [-0.3, -0.25) is 14.0 Å². The van der Waals surface area contributed by atoms with Gasteiger partial charge in [0, 0.05) is 17.1 Å². The van der Waals surface area contributed by atoms with Crippen LogP contribution < -0.4 is 10.6 Å². The maximum atomic E-state index is 13.0. The number of ether oxygens (including phenoxy) is 1. The second-order valence-electron chi connectivity index (χ2n) is 9.50. The van der Waals surface area contributed by atoms with Gasteiger partial charge in [0.1, 0.15) is 28.9 Å². The minimum atomic E-state index is -0.631. The van der Waals surface area contributed by atoms with Crippen LogP contribution in [0, 0.1) is 11.7 Å². The van der Waals surface area contributed by atoms with Crippen molar-refractivity contribution < 1.29 is 28.6 Å². The van der Waals surface area contributed by atoms with Gasteiger partial charge >= 0.3 is 5.97 Å². The Hall–Kier alpha value is -3.64. The third kappa shape index (κ3) is 7.76. The number of imidazole rings is 1. The number of carbonyl (C=O) groups excluding carboxylic acids is 3. The van der Waals surface area contributed by atoms with Gasteiger partial charge in [-0.2, -0.15) is 11.3 Å². The number of aldehydes is 1. The summed E-state index contributed by atoms with van der Waals surface area (Å²) in [4.78, 5) is 40.3. The van der Waals surface area contributed by atoms with Crippen molar-refractivity contribution in [3.8, 4) is 11.3 Å². The monoisotopic (exact) mass is 602 g/mol. The lowest BCUT2D eigenvalue weighted by molar-refractivity contribution is -0.143. The van der Waals surface area contributed by atoms with Gasteiger partial charge in [0.25, 0.3) is 5.91 Å². The van der Waals surface area contributed by atoms with Crippen LogP contribution in [-0.2, 0) is 9.53 Å². The van der Waals surface area contributed by atoms with Crippen LogP contribution in [0.3, 0.4) is 0 Å². The Morgan fingerprint density at radius 2 is 2.02 bits per heavy atom. The molecule has 41 heavy (non-hydrogen) atoms. The molecule has 4 rings (SSSR count). The Labute approximate surface area is 246 Å². The van der Waals surface area contributed by atoms with Crippen molar-refractivity contribution in [1.29, 1.82) is 0 Å². The van der Waals surface area contributed by atoms with Crippen molar-refractivity contribution in [2.75, 3.05) is 20.8 Å². The molecule has 1 aromatic carbocycles. The van der Waals surface area contributed by atoms with E-state index >= 15 is 0 Å². The molecular formula is C29H32ClFN4O5S. The number of aromatic nitrogens is 2. The number of amides is 1. The van der Waals surface area contributed by atoms with E-state index in [-0.39, 0.29) is 23.6 Å². The van der Waals surface area contributed by atoms with Gasteiger partial charge in [-0.25, -0.2) is 14.2 Å². The van der Waals surface area contributed by atoms with Crippen molar-refractivity contribution >= 4 is 46.7 Å². The van der Waals surface area contributed by atoms with Crippen molar-refractivity contribution in [2.45, 2.75) is 32.4 Å². The first kappa shape index (κ1) is 31.9. The number of methoxy groups -OCH3 is 1. The maximum Gasteiger partial charge on any atom is 0.327 e. The number of nitrogens with zero attached hydrogens (tertiary/aromatic N) is 2. The van der Waals surface area contributed by atoms with Crippen LogP contribution in [0.4, 0.5) is 4.39 Å². The van der Waals surface area contributed by atoms with Crippen LogP contribution in [0.15, 0.2) is 53.4 Å². The molecule has 3 heterocycles. The number of halogens is 2. The molecule has 3 N–H and O–H groups in total.